The number of nitrogens with one attached hydrogen (secondary N) is 2. The molecule has 5 heteroatoms. The molecule has 0 spiro atoms. The molecule has 0 aliphatic carbocycles. The summed E-state index contributed by atoms with van der Waals surface area (Å²) >= 11 is 11.9. The lowest BCUT2D eigenvalue weighted by Gasteiger charge is -2.18. The Labute approximate surface area is 139 Å². The first-order chi connectivity index (χ1) is 10.6. The third kappa shape index (κ3) is 4.60. The lowest BCUT2D eigenvalue weighted by Crippen LogP contribution is -2.33. The first-order valence-electron chi connectivity index (χ1n) is 6.76. The quantitative estimate of drug-likeness (QED) is 0.766. The zero-order valence-electron chi connectivity index (χ0n) is 11.9. The number of carbonyl (C=O) groups excluding carboxylic acids is 1. The van der Waals surface area contributed by atoms with Gasteiger partial charge in [0.1, 0.15) is 6.04 Å². The average molecular weight is 335 g/mol. The van der Waals surface area contributed by atoms with Crippen molar-refractivity contribution in [2.75, 3.05) is 11.9 Å². The van der Waals surface area contributed by atoms with E-state index in [1.165, 1.54) is 0 Å². The van der Waals surface area contributed by atoms with Crippen LogP contribution in [-0.2, 0) is 4.79 Å². The van der Waals surface area contributed by atoms with Crippen molar-refractivity contribution in [1.82, 2.24) is 5.32 Å². The third-order valence-corrected chi connectivity index (χ3v) is 3.43. The fourth-order valence-electron chi connectivity index (χ4n) is 2.05. The predicted molar refractivity (Wildman–Crippen MR) is 92.5 cm³/mol. The number of halogens is 2. The number of carbonyl (C=O) groups is 1. The number of amides is 1. The third-order valence-electron chi connectivity index (χ3n) is 2.99. The lowest BCUT2D eigenvalue weighted by atomic mass is 10.1. The van der Waals surface area contributed by atoms with Crippen molar-refractivity contribution in [3.8, 4) is 0 Å². The molecule has 0 aromatic heterocycles. The van der Waals surface area contributed by atoms with E-state index in [1.807, 2.05) is 30.3 Å². The van der Waals surface area contributed by atoms with Gasteiger partial charge in [0.05, 0.1) is 0 Å². The molecule has 3 nitrogen and oxygen atoms in total. The van der Waals surface area contributed by atoms with Crippen molar-refractivity contribution >= 4 is 34.8 Å². The van der Waals surface area contributed by atoms with Crippen LogP contribution in [0.3, 0.4) is 0 Å². The maximum Gasteiger partial charge on any atom is 0.246 e. The van der Waals surface area contributed by atoms with Crippen LogP contribution in [0.5, 0.6) is 0 Å². The van der Waals surface area contributed by atoms with E-state index in [0.29, 0.717) is 22.3 Å². The van der Waals surface area contributed by atoms with E-state index in [4.69, 9.17) is 23.2 Å². The van der Waals surface area contributed by atoms with Gasteiger partial charge in [0, 0.05) is 22.3 Å². The van der Waals surface area contributed by atoms with Crippen LogP contribution in [0.2, 0.25) is 10.0 Å². The number of benzene rings is 2. The second kappa shape index (κ2) is 7.99. The molecule has 1 atom stereocenters. The average Bonchev–Trinajstić information content (AvgIpc) is 2.47. The molecular weight excluding hydrogens is 319 g/mol. The van der Waals surface area contributed by atoms with Gasteiger partial charge in [0.2, 0.25) is 5.91 Å². The van der Waals surface area contributed by atoms with Gasteiger partial charge in [0.25, 0.3) is 0 Å². The second-order valence-electron chi connectivity index (χ2n) is 4.69. The molecule has 2 N–H and O–H groups in total. The van der Waals surface area contributed by atoms with Crippen molar-refractivity contribution < 1.29 is 4.79 Å². The smallest absolute Gasteiger partial charge is 0.246 e. The maximum atomic E-state index is 12.5. The van der Waals surface area contributed by atoms with Gasteiger partial charge in [0.15, 0.2) is 0 Å². The van der Waals surface area contributed by atoms with Gasteiger partial charge in [-0.1, -0.05) is 59.6 Å². The van der Waals surface area contributed by atoms with Crippen LogP contribution in [0.1, 0.15) is 11.6 Å². The van der Waals surface area contributed by atoms with Crippen LogP contribution in [0.15, 0.2) is 61.2 Å². The Morgan fingerprint density at radius 3 is 2.36 bits per heavy atom. The highest BCUT2D eigenvalue weighted by molar-refractivity contribution is 6.35. The summed E-state index contributed by atoms with van der Waals surface area (Å²) in [6.07, 6.45) is 1.71. The van der Waals surface area contributed by atoms with E-state index >= 15 is 0 Å². The van der Waals surface area contributed by atoms with Gasteiger partial charge >= 0.3 is 0 Å². The Morgan fingerprint density at radius 2 is 1.77 bits per heavy atom. The van der Waals surface area contributed by atoms with Gasteiger partial charge in [-0.15, -0.1) is 6.58 Å². The van der Waals surface area contributed by atoms with Crippen LogP contribution in [-0.4, -0.2) is 12.5 Å². The Balaban J connectivity index is 2.20. The standard InChI is InChI=1S/C17H16Cl2N2O/c1-2-8-20-16(12-6-4-3-5-7-12)17(22)21-15-10-13(18)9-14(19)11-15/h2-7,9-11,16,20H,1,8H2,(H,21,22)/t16-/m1/s1. The SMILES string of the molecule is C=CCN[C@@H](C(=O)Nc1cc(Cl)cc(Cl)c1)c1ccccc1. The van der Waals surface area contributed by atoms with Crippen molar-refractivity contribution in [3.05, 3.63) is 76.8 Å². The van der Waals surface area contributed by atoms with Gasteiger partial charge in [-0.25, -0.2) is 0 Å². The summed E-state index contributed by atoms with van der Waals surface area (Å²) in [5, 5.41) is 6.91. The number of rotatable bonds is 6. The maximum absolute atomic E-state index is 12.5. The Kier molecular flexibility index (Phi) is 6.01. The van der Waals surface area contributed by atoms with Crippen molar-refractivity contribution in [2.45, 2.75) is 6.04 Å². The van der Waals surface area contributed by atoms with Crippen molar-refractivity contribution in [2.24, 2.45) is 0 Å². The highest BCUT2D eigenvalue weighted by Gasteiger charge is 2.19. The van der Waals surface area contributed by atoms with Crippen LogP contribution < -0.4 is 10.6 Å². The number of anilines is 1. The molecular formula is C17H16Cl2N2O. The van der Waals surface area contributed by atoms with Gasteiger partial charge in [-0.2, -0.15) is 0 Å². The van der Waals surface area contributed by atoms with Crippen LogP contribution >= 0.6 is 23.2 Å². The molecule has 2 aromatic rings. The fraction of sp³-hybridized carbons (Fsp3) is 0.118. The molecule has 0 fully saturated rings. The van der Waals surface area contributed by atoms with E-state index in [1.54, 1.807) is 24.3 Å². The topological polar surface area (TPSA) is 41.1 Å². The monoisotopic (exact) mass is 334 g/mol. The Bertz CT molecular complexity index is 639. The largest absolute Gasteiger partial charge is 0.324 e. The highest BCUT2D eigenvalue weighted by atomic mass is 35.5. The molecule has 1 amide bonds. The number of hydrogen-bond donors (Lipinski definition) is 2. The first kappa shape index (κ1) is 16.6. The minimum atomic E-state index is -0.489. The zero-order chi connectivity index (χ0) is 15.9. The summed E-state index contributed by atoms with van der Waals surface area (Å²) < 4.78 is 0. The molecule has 0 saturated heterocycles. The Morgan fingerprint density at radius 1 is 1.14 bits per heavy atom. The lowest BCUT2D eigenvalue weighted by molar-refractivity contribution is -0.118. The van der Waals surface area contributed by atoms with Crippen LogP contribution in [0, 0.1) is 0 Å². The van der Waals surface area contributed by atoms with Crippen molar-refractivity contribution in [3.63, 3.8) is 0 Å². The summed E-state index contributed by atoms with van der Waals surface area (Å²) in [6, 6.07) is 13.9. The second-order valence-corrected chi connectivity index (χ2v) is 5.56. The minimum Gasteiger partial charge on any atom is -0.324 e. The van der Waals surface area contributed by atoms with Crippen molar-refractivity contribution in [1.29, 1.82) is 0 Å². The molecule has 0 heterocycles. The van der Waals surface area contributed by atoms with E-state index in [9.17, 15) is 4.79 Å². The van der Waals surface area contributed by atoms with E-state index in [0.717, 1.165) is 5.56 Å². The van der Waals surface area contributed by atoms with Gasteiger partial charge in [-0.05, 0) is 23.8 Å². The molecule has 0 unspecified atom stereocenters. The summed E-state index contributed by atoms with van der Waals surface area (Å²) in [4.78, 5) is 12.5. The first-order valence-corrected chi connectivity index (χ1v) is 7.52. The van der Waals surface area contributed by atoms with E-state index in [-0.39, 0.29) is 5.91 Å². The van der Waals surface area contributed by atoms with Gasteiger partial charge < -0.3 is 5.32 Å². The fourth-order valence-corrected chi connectivity index (χ4v) is 2.58. The molecule has 2 rings (SSSR count). The van der Waals surface area contributed by atoms with E-state index in [2.05, 4.69) is 17.2 Å². The summed E-state index contributed by atoms with van der Waals surface area (Å²) in [7, 11) is 0. The number of hydrogen-bond acceptors (Lipinski definition) is 2. The van der Waals surface area contributed by atoms with Crippen LogP contribution in [0.4, 0.5) is 5.69 Å². The molecule has 0 saturated carbocycles. The molecule has 0 bridgehead atoms. The highest BCUT2D eigenvalue weighted by Crippen LogP contribution is 2.23. The summed E-state index contributed by atoms with van der Waals surface area (Å²) in [5.74, 6) is -0.189. The van der Waals surface area contributed by atoms with Gasteiger partial charge in [-0.3, -0.25) is 10.1 Å². The molecule has 0 aliphatic rings. The molecule has 2 aromatic carbocycles. The zero-order valence-corrected chi connectivity index (χ0v) is 13.4. The molecule has 22 heavy (non-hydrogen) atoms. The summed E-state index contributed by atoms with van der Waals surface area (Å²) in [5.41, 5.74) is 1.43. The molecule has 114 valence electrons. The summed E-state index contributed by atoms with van der Waals surface area (Å²) in [6.45, 7) is 4.18. The normalized spacial score (nSPS) is 11.7. The Hall–Kier alpha value is -1.81. The van der Waals surface area contributed by atoms with Crippen LogP contribution in [0.25, 0.3) is 0 Å². The minimum absolute atomic E-state index is 0.189. The molecule has 0 radical (unpaired) electrons. The molecule has 0 aliphatic heterocycles. The van der Waals surface area contributed by atoms with E-state index < -0.39 is 6.04 Å². The predicted octanol–water partition coefficient (Wildman–Crippen LogP) is 4.45.